The lowest BCUT2D eigenvalue weighted by atomic mass is 9.73. The lowest BCUT2D eigenvalue weighted by molar-refractivity contribution is 0.0125. The number of hydrogen-bond donors (Lipinski definition) is 0. The molecule has 2 aliphatic heterocycles. The van der Waals surface area contributed by atoms with E-state index >= 15 is 0 Å². The standard InChI is InChI=1S/C17H26ClN3/c1-2-20-9-3-6-17(13-20)7-4-10-21(14-17)12-15-11-19-8-5-16(15)18/h5,8,11H,2-4,6-7,9-10,12-14H2,1H3. The first-order valence-corrected chi connectivity index (χ1v) is 8.62. The van der Waals surface area contributed by atoms with E-state index in [1.54, 1.807) is 6.20 Å². The van der Waals surface area contributed by atoms with E-state index in [-0.39, 0.29) is 0 Å². The molecule has 0 bridgehead atoms. The second-order valence-electron chi connectivity index (χ2n) is 6.75. The van der Waals surface area contributed by atoms with Crippen LogP contribution < -0.4 is 0 Å². The molecule has 1 aromatic heterocycles. The maximum absolute atomic E-state index is 6.29. The zero-order valence-corrected chi connectivity index (χ0v) is 13.8. The summed E-state index contributed by atoms with van der Waals surface area (Å²) in [5.74, 6) is 0. The highest BCUT2D eigenvalue weighted by Crippen LogP contribution is 2.38. The molecule has 1 aromatic rings. The van der Waals surface area contributed by atoms with E-state index in [1.807, 2.05) is 12.3 Å². The quantitative estimate of drug-likeness (QED) is 0.853. The molecule has 0 N–H and O–H groups in total. The number of aromatic nitrogens is 1. The summed E-state index contributed by atoms with van der Waals surface area (Å²) < 4.78 is 0. The van der Waals surface area contributed by atoms with Crippen molar-refractivity contribution in [2.75, 3.05) is 32.7 Å². The van der Waals surface area contributed by atoms with Crippen molar-refractivity contribution >= 4 is 11.6 Å². The highest BCUT2D eigenvalue weighted by Gasteiger charge is 2.38. The van der Waals surface area contributed by atoms with Gasteiger partial charge in [0.05, 0.1) is 0 Å². The van der Waals surface area contributed by atoms with Gasteiger partial charge < -0.3 is 4.90 Å². The highest BCUT2D eigenvalue weighted by molar-refractivity contribution is 6.31. The largest absolute Gasteiger partial charge is 0.303 e. The molecule has 1 atom stereocenters. The topological polar surface area (TPSA) is 19.4 Å². The van der Waals surface area contributed by atoms with Gasteiger partial charge in [0, 0.05) is 42.6 Å². The van der Waals surface area contributed by atoms with Gasteiger partial charge in [0.25, 0.3) is 0 Å². The highest BCUT2D eigenvalue weighted by atomic mass is 35.5. The number of nitrogens with zero attached hydrogens (tertiary/aromatic N) is 3. The van der Waals surface area contributed by atoms with Crippen LogP contribution in [0.2, 0.25) is 5.02 Å². The number of hydrogen-bond acceptors (Lipinski definition) is 3. The van der Waals surface area contributed by atoms with Gasteiger partial charge in [-0.1, -0.05) is 18.5 Å². The predicted molar refractivity (Wildman–Crippen MR) is 87.5 cm³/mol. The molecule has 2 saturated heterocycles. The summed E-state index contributed by atoms with van der Waals surface area (Å²) in [6.45, 7) is 9.40. The molecule has 3 nitrogen and oxygen atoms in total. The molecule has 1 spiro atoms. The normalized spacial score (nSPS) is 28.1. The molecule has 0 amide bonds. The summed E-state index contributed by atoms with van der Waals surface area (Å²) in [5.41, 5.74) is 1.68. The molecular weight excluding hydrogens is 282 g/mol. The SMILES string of the molecule is CCN1CCCC2(CCCN(Cc3cnccc3Cl)C2)C1. The first-order valence-electron chi connectivity index (χ1n) is 8.24. The number of likely N-dealkylation sites (tertiary alicyclic amines) is 2. The van der Waals surface area contributed by atoms with Gasteiger partial charge in [0.1, 0.15) is 0 Å². The van der Waals surface area contributed by atoms with Gasteiger partial charge in [-0.3, -0.25) is 9.88 Å². The molecule has 3 rings (SSSR count). The number of halogens is 1. The molecule has 2 fully saturated rings. The molecule has 1 unspecified atom stereocenters. The van der Waals surface area contributed by atoms with Gasteiger partial charge in [-0.05, 0) is 56.8 Å². The second-order valence-corrected chi connectivity index (χ2v) is 7.16. The van der Waals surface area contributed by atoms with E-state index in [4.69, 9.17) is 11.6 Å². The molecule has 21 heavy (non-hydrogen) atoms. The average Bonchev–Trinajstić information content (AvgIpc) is 2.50. The van der Waals surface area contributed by atoms with Crippen molar-refractivity contribution in [2.24, 2.45) is 5.41 Å². The third-order valence-corrected chi connectivity index (χ3v) is 5.53. The van der Waals surface area contributed by atoms with Gasteiger partial charge in [0.15, 0.2) is 0 Å². The fourth-order valence-corrected chi connectivity index (χ4v) is 4.29. The van der Waals surface area contributed by atoms with Crippen LogP contribution in [0.5, 0.6) is 0 Å². The molecule has 0 saturated carbocycles. The van der Waals surface area contributed by atoms with Crippen LogP contribution in [0.1, 0.15) is 38.2 Å². The Bertz CT molecular complexity index is 475. The predicted octanol–water partition coefficient (Wildman–Crippen LogP) is 3.43. The van der Waals surface area contributed by atoms with Crippen LogP contribution in [0, 0.1) is 5.41 Å². The Kier molecular flexibility index (Phi) is 4.82. The van der Waals surface area contributed by atoms with Crippen molar-refractivity contribution in [3.05, 3.63) is 29.0 Å². The van der Waals surface area contributed by atoms with Gasteiger partial charge >= 0.3 is 0 Å². The Morgan fingerprint density at radius 1 is 1.19 bits per heavy atom. The lowest BCUT2D eigenvalue weighted by Crippen LogP contribution is -2.52. The van der Waals surface area contributed by atoms with Gasteiger partial charge in [-0.15, -0.1) is 0 Å². The Labute approximate surface area is 133 Å². The summed E-state index contributed by atoms with van der Waals surface area (Å²) in [6, 6.07) is 1.90. The van der Waals surface area contributed by atoms with Crippen LogP contribution in [0.25, 0.3) is 0 Å². The molecular formula is C17H26ClN3. The molecule has 3 heterocycles. The first-order chi connectivity index (χ1) is 10.2. The average molecular weight is 308 g/mol. The fraction of sp³-hybridized carbons (Fsp3) is 0.706. The van der Waals surface area contributed by atoms with Crippen LogP contribution >= 0.6 is 11.6 Å². The van der Waals surface area contributed by atoms with Gasteiger partial charge in [0.2, 0.25) is 0 Å². The summed E-state index contributed by atoms with van der Waals surface area (Å²) in [4.78, 5) is 9.44. The summed E-state index contributed by atoms with van der Waals surface area (Å²) in [7, 11) is 0. The third kappa shape index (κ3) is 3.58. The summed E-state index contributed by atoms with van der Waals surface area (Å²) in [6.07, 6.45) is 9.14. The first kappa shape index (κ1) is 15.3. The summed E-state index contributed by atoms with van der Waals surface area (Å²) >= 11 is 6.29. The Morgan fingerprint density at radius 2 is 1.90 bits per heavy atom. The minimum Gasteiger partial charge on any atom is -0.303 e. The van der Waals surface area contributed by atoms with Crippen LogP contribution in [0.4, 0.5) is 0 Å². The smallest absolute Gasteiger partial charge is 0.0481 e. The van der Waals surface area contributed by atoms with E-state index in [0.717, 1.165) is 11.6 Å². The molecule has 4 heteroatoms. The van der Waals surface area contributed by atoms with Crippen LogP contribution in [0.15, 0.2) is 18.5 Å². The monoisotopic (exact) mass is 307 g/mol. The fourth-order valence-electron chi connectivity index (χ4n) is 4.13. The molecule has 0 aliphatic carbocycles. The van der Waals surface area contributed by atoms with Gasteiger partial charge in [-0.25, -0.2) is 0 Å². The number of piperidine rings is 2. The number of pyridine rings is 1. The number of rotatable bonds is 3. The molecule has 2 aliphatic rings. The second kappa shape index (κ2) is 6.64. The van der Waals surface area contributed by atoms with Crippen molar-refractivity contribution in [3.63, 3.8) is 0 Å². The maximum Gasteiger partial charge on any atom is 0.0481 e. The van der Waals surface area contributed by atoms with Crippen LogP contribution in [-0.4, -0.2) is 47.5 Å². The zero-order chi connectivity index (χ0) is 14.7. The minimum absolute atomic E-state index is 0.515. The van der Waals surface area contributed by atoms with E-state index in [2.05, 4.69) is 21.7 Å². The summed E-state index contributed by atoms with van der Waals surface area (Å²) in [5, 5.41) is 0.850. The Hall–Kier alpha value is -0.640. The van der Waals surface area contributed by atoms with Crippen molar-refractivity contribution in [2.45, 2.75) is 39.2 Å². The molecule has 116 valence electrons. The maximum atomic E-state index is 6.29. The van der Waals surface area contributed by atoms with Crippen LogP contribution in [0.3, 0.4) is 0 Å². The van der Waals surface area contributed by atoms with Crippen molar-refractivity contribution in [3.8, 4) is 0 Å². The van der Waals surface area contributed by atoms with Crippen LogP contribution in [-0.2, 0) is 6.54 Å². The molecule has 0 radical (unpaired) electrons. The van der Waals surface area contributed by atoms with Crippen molar-refractivity contribution in [1.82, 2.24) is 14.8 Å². The van der Waals surface area contributed by atoms with E-state index < -0.39 is 0 Å². The lowest BCUT2D eigenvalue weighted by Gasteiger charge is -2.48. The third-order valence-electron chi connectivity index (χ3n) is 5.17. The van der Waals surface area contributed by atoms with Crippen molar-refractivity contribution in [1.29, 1.82) is 0 Å². The Balaban J connectivity index is 1.67. The minimum atomic E-state index is 0.515. The molecule has 0 aromatic carbocycles. The zero-order valence-electron chi connectivity index (χ0n) is 13.0. The van der Waals surface area contributed by atoms with E-state index in [0.29, 0.717) is 5.41 Å². The Morgan fingerprint density at radius 3 is 2.62 bits per heavy atom. The van der Waals surface area contributed by atoms with E-state index in [1.165, 1.54) is 64.0 Å². The van der Waals surface area contributed by atoms with E-state index in [9.17, 15) is 0 Å². The van der Waals surface area contributed by atoms with Crippen molar-refractivity contribution < 1.29 is 0 Å². The van der Waals surface area contributed by atoms with Gasteiger partial charge in [-0.2, -0.15) is 0 Å².